The molecule has 2 N–H and O–H groups in total. The molecule has 19 heavy (non-hydrogen) atoms. The van der Waals surface area contributed by atoms with E-state index >= 15 is 0 Å². The lowest BCUT2D eigenvalue weighted by Crippen LogP contribution is -2.50. The first-order valence-corrected chi connectivity index (χ1v) is 6.84. The van der Waals surface area contributed by atoms with Crippen molar-refractivity contribution in [3.05, 3.63) is 34.6 Å². The lowest BCUT2D eigenvalue weighted by Gasteiger charge is -2.42. The second-order valence-corrected chi connectivity index (χ2v) is 5.93. The third-order valence-electron chi connectivity index (χ3n) is 3.44. The van der Waals surface area contributed by atoms with Crippen LogP contribution in [-0.2, 0) is 4.74 Å². The lowest BCUT2D eigenvalue weighted by molar-refractivity contribution is -0.0970. The van der Waals surface area contributed by atoms with Gasteiger partial charge in [0.05, 0.1) is 18.2 Å². The van der Waals surface area contributed by atoms with E-state index < -0.39 is 0 Å². The first kappa shape index (κ1) is 14.7. The van der Waals surface area contributed by atoms with E-state index in [2.05, 4.69) is 4.90 Å². The molecule has 2 rings (SSSR count). The molecule has 0 saturated carbocycles. The number of nitrogens with two attached hydrogens (primary N) is 1. The molecule has 0 aliphatic carbocycles. The van der Waals surface area contributed by atoms with Gasteiger partial charge in [-0.1, -0.05) is 17.7 Å². The molecule has 0 radical (unpaired) electrons. The predicted octanol–water partition coefficient (Wildman–Crippen LogP) is 2.59. The summed E-state index contributed by atoms with van der Waals surface area (Å²) in [5, 5.41) is 0.402. The lowest BCUT2D eigenvalue weighted by atomic mass is 10.0. The Bertz CT molecular complexity index is 453. The van der Waals surface area contributed by atoms with E-state index in [9.17, 15) is 4.39 Å². The summed E-state index contributed by atoms with van der Waals surface area (Å²) in [6.45, 7) is 6.56. The van der Waals surface area contributed by atoms with E-state index in [-0.39, 0.29) is 17.5 Å². The van der Waals surface area contributed by atoms with Gasteiger partial charge in [-0.05, 0) is 26.0 Å². The molecule has 1 heterocycles. The second-order valence-electron chi connectivity index (χ2n) is 5.50. The van der Waals surface area contributed by atoms with Crippen molar-refractivity contribution in [2.45, 2.75) is 25.5 Å². The Labute approximate surface area is 118 Å². The number of halogens is 2. The third kappa shape index (κ3) is 3.45. The SMILES string of the molecule is CC1(C)CN(C(CN)c2ccc(Cl)cc2F)CCO1. The number of ether oxygens (including phenoxy) is 1. The van der Waals surface area contributed by atoms with E-state index in [1.807, 2.05) is 13.8 Å². The van der Waals surface area contributed by atoms with Crippen LogP contribution in [0.5, 0.6) is 0 Å². The van der Waals surface area contributed by atoms with Crippen LogP contribution in [0.4, 0.5) is 4.39 Å². The summed E-state index contributed by atoms with van der Waals surface area (Å²) in [7, 11) is 0. The molecule has 0 spiro atoms. The number of hydrogen-bond acceptors (Lipinski definition) is 3. The van der Waals surface area contributed by atoms with Gasteiger partial charge in [0, 0.05) is 30.2 Å². The first-order chi connectivity index (χ1) is 8.93. The van der Waals surface area contributed by atoms with E-state index in [0.717, 1.165) is 13.1 Å². The maximum atomic E-state index is 14.0. The Balaban J connectivity index is 2.24. The zero-order valence-electron chi connectivity index (χ0n) is 11.3. The van der Waals surface area contributed by atoms with Gasteiger partial charge in [-0.25, -0.2) is 4.39 Å². The summed E-state index contributed by atoms with van der Waals surface area (Å²) >= 11 is 5.79. The molecule has 1 fully saturated rings. The van der Waals surface area contributed by atoms with Gasteiger partial charge in [-0.2, -0.15) is 0 Å². The van der Waals surface area contributed by atoms with E-state index in [4.69, 9.17) is 22.1 Å². The van der Waals surface area contributed by atoms with Crippen LogP contribution in [0.3, 0.4) is 0 Å². The van der Waals surface area contributed by atoms with E-state index in [1.54, 1.807) is 12.1 Å². The van der Waals surface area contributed by atoms with Gasteiger partial charge in [0.1, 0.15) is 5.82 Å². The fraction of sp³-hybridized carbons (Fsp3) is 0.571. The predicted molar refractivity (Wildman–Crippen MR) is 74.8 cm³/mol. The molecule has 0 bridgehead atoms. The summed E-state index contributed by atoms with van der Waals surface area (Å²) in [5.41, 5.74) is 6.22. The van der Waals surface area contributed by atoms with Gasteiger partial charge in [0.15, 0.2) is 0 Å². The van der Waals surface area contributed by atoms with Gasteiger partial charge >= 0.3 is 0 Å². The Morgan fingerprint density at radius 1 is 1.53 bits per heavy atom. The molecular formula is C14H20ClFN2O. The molecule has 0 amide bonds. The fourth-order valence-corrected chi connectivity index (χ4v) is 2.72. The molecule has 3 nitrogen and oxygen atoms in total. The average molecular weight is 287 g/mol. The van der Waals surface area contributed by atoms with Gasteiger partial charge in [-0.15, -0.1) is 0 Å². The zero-order valence-corrected chi connectivity index (χ0v) is 12.1. The van der Waals surface area contributed by atoms with Crippen molar-refractivity contribution in [3.8, 4) is 0 Å². The molecule has 1 saturated heterocycles. The molecule has 1 aliphatic heterocycles. The number of morpholine rings is 1. The minimum Gasteiger partial charge on any atom is -0.373 e. The summed E-state index contributed by atoms with van der Waals surface area (Å²) in [6, 6.07) is 4.62. The summed E-state index contributed by atoms with van der Waals surface area (Å²) in [5.74, 6) is -0.299. The maximum Gasteiger partial charge on any atom is 0.129 e. The van der Waals surface area contributed by atoms with Crippen LogP contribution in [0.15, 0.2) is 18.2 Å². The van der Waals surface area contributed by atoms with Crippen LogP contribution in [0.1, 0.15) is 25.5 Å². The van der Waals surface area contributed by atoms with Gasteiger partial charge in [-0.3, -0.25) is 4.90 Å². The first-order valence-electron chi connectivity index (χ1n) is 6.46. The molecule has 1 aliphatic rings. The largest absolute Gasteiger partial charge is 0.373 e. The maximum absolute atomic E-state index is 14.0. The molecule has 1 atom stereocenters. The molecule has 1 aromatic carbocycles. The van der Waals surface area contributed by atoms with Crippen molar-refractivity contribution >= 4 is 11.6 Å². The zero-order chi connectivity index (χ0) is 14.0. The van der Waals surface area contributed by atoms with Gasteiger partial charge in [0.2, 0.25) is 0 Å². The van der Waals surface area contributed by atoms with Crippen molar-refractivity contribution < 1.29 is 9.13 Å². The van der Waals surface area contributed by atoms with Crippen LogP contribution in [0, 0.1) is 5.82 Å². The van der Waals surface area contributed by atoms with Crippen molar-refractivity contribution in [2.75, 3.05) is 26.2 Å². The van der Waals surface area contributed by atoms with Crippen molar-refractivity contribution in [1.82, 2.24) is 4.90 Å². The standard InChI is InChI=1S/C14H20ClFN2O/c1-14(2)9-18(5-6-19-14)13(8-17)11-4-3-10(15)7-12(11)16/h3-4,7,13H,5-6,8-9,17H2,1-2H3. The molecule has 1 aromatic rings. The second kappa shape index (κ2) is 5.75. The number of rotatable bonds is 3. The Kier molecular flexibility index (Phi) is 4.46. The van der Waals surface area contributed by atoms with Crippen LogP contribution in [-0.4, -0.2) is 36.7 Å². The minimum atomic E-state index is -0.299. The summed E-state index contributed by atoms with van der Waals surface area (Å²) in [4.78, 5) is 2.18. The summed E-state index contributed by atoms with van der Waals surface area (Å²) in [6.07, 6.45) is 0. The van der Waals surface area contributed by atoms with Crippen LogP contribution < -0.4 is 5.73 Å². The monoisotopic (exact) mass is 286 g/mol. The highest BCUT2D eigenvalue weighted by atomic mass is 35.5. The Morgan fingerprint density at radius 3 is 2.84 bits per heavy atom. The van der Waals surface area contributed by atoms with E-state index in [0.29, 0.717) is 23.7 Å². The highest BCUT2D eigenvalue weighted by Crippen LogP contribution is 2.28. The molecule has 106 valence electrons. The highest BCUT2D eigenvalue weighted by Gasteiger charge is 2.32. The van der Waals surface area contributed by atoms with Crippen molar-refractivity contribution in [3.63, 3.8) is 0 Å². The highest BCUT2D eigenvalue weighted by molar-refractivity contribution is 6.30. The van der Waals surface area contributed by atoms with Gasteiger partial charge in [0.25, 0.3) is 0 Å². The topological polar surface area (TPSA) is 38.5 Å². The van der Waals surface area contributed by atoms with Crippen LogP contribution >= 0.6 is 11.6 Å². The Morgan fingerprint density at radius 2 is 2.26 bits per heavy atom. The molecule has 1 unspecified atom stereocenters. The van der Waals surface area contributed by atoms with Crippen LogP contribution in [0.2, 0.25) is 5.02 Å². The fourth-order valence-electron chi connectivity index (χ4n) is 2.56. The molecule has 0 aromatic heterocycles. The minimum absolute atomic E-state index is 0.138. The number of nitrogens with zero attached hydrogens (tertiary/aromatic N) is 1. The van der Waals surface area contributed by atoms with Crippen LogP contribution in [0.25, 0.3) is 0 Å². The smallest absolute Gasteiger partial charge is 0.129 e. The molecular weight excluding hydrogens is 267 g/mol. The Hall–Kier alpha value is -0.680. The van der Waals surface area contributed by atoms with E-state index in [1.165, 1.54) is 6.07 Å². The van der Waals surface area contributed by atoms with Gasteiger partial charge < -0.3 is 10.5 Å². The molecule has 5 heteroatoms. The number of hydrogen-bond donors (Lipinski definition) is 1. The quantitative estimate of drug-likeness (QED) is 0.928. The normalized spacial score (nSPS) is 21.3. The van der Waals surface area contributed by atoms with Crippen molar-refractivity contribution in [1.29, 1.82) is 0 Å². The van der Waals surface area contributed by atoms with Crippen molar-refractivity contribution in [2.24, 2.45) is 5.73 Å². The number of benzene rings is 1. The average Bonchev–Trinajstić information content (AvgIpc) is 2.31. The summed E-state index contributed by atoms with van der Waals surface area (Å²) < 4.78 is 19.7. The third-order valence-corrected chi connectivity index (χ3v) is 3.68.